The van der Waals surface area contributed by atoms with Crippen LogP contribution in [-0.4, -0.2) is 32.1 Å². The maximum absolute atomic E-state index is 12.6. The molecule has 0 spiro atoms. The van der Waals surface area contributed by atoms with Crippen molar-refractivity contribution in [3.05, 3.63) is 76.5 Å². The van der Waals surface area contributed by atoms with Crippen LogP contribution in [-0.2, 0) is 20.7 Å². The van der Waals surface area contributed by atoms with E-state index in [9.17, 15) is 19.6 Å². The van der Waals surface area contributed by atoms with Crippen LogP contribution in [0.15, 0.2) is 54.2 Å². The van der Waals surface area contributed by atoms with Crippen molar-refractivity contribution in [3.63, 3.8) is 0 Å². The molecule has 166 valence electrons. The van der Waals surface area contributed by atoms with Crippen LogP contribution in [0.5, 0.6) is 0 Å². The van der Waals surface area contributed by atoms with Crippen molar-refractivity contribution in [1.82, 2.24) is 5.32 Å². The Balaban J connectivity index is 2.23. The lowest BCUT2D eigenvalue weighted by Gasteiger charge is -2.15. The van der Waals surface area contributed by atoms with Crippen molar-refractivity contribution in [2.24, 2.45) is 0 Å². The van der Waals surface area contributed by atoms with Gasteiger partial charge in [0, 0.05) is 6.20 Å². The van der Waals surface area contributed by atoms with Gasteiger partial charge in [-0.2, -0.15) is 5.26 Å². The average molecular weight is 435 g/mol. The number of hydrogen-bond donors (Lipinski definition) is 2. The number of hydrogen-bond acceptors (Lipinski definition) is 7. The summed E-state index contributed by atoms with van der Waals surface area (Å²) in [5, 5.41) is 15.0. The normalized spacial score (nSPS) is 11.7. The molecule has 0 radical (unpaired) electrons. The van der Waals surface area contributed by atoms with Crippen molar-refractivity contribution in [1.29, 1.82) is 5.26 Å². The van der Waals surface area contributed by atoms with E-state index in [1.54, 1.807) is 0 Å². The molecule has 0 aliphatic carbocycles. The van der Waals surface area contributed by atoms with E-state index in [0.29, 0.717) is 0 Å². The highest BCUT2D eigenvalue weighted by Gasteiger charge is 2.17. The molecule has 32 heavy (non-hydrogen) atoms. The highest BCUT2D eigenvalue weighted by Crippen LogP contribution is 2.20. The van der Waals surface area contributed by atoms with E-state index < -0.39 is 17.8 Å². The van der Waals surface area contributed by atoms with Crippen molar-refractivity contribution < 1.29 is 23.9 Å². The summed E-state index contributed by atoms with van der Waals surface area (Å²) in [4.78, 5) is 36.4. The van der Waals surface area contributed by atoms with Gasteiger partial charge in [-0.15, -0.1) is 0 Å². The lowest BCUT2D eigenvalue weighted by Crippen LogP contribution is -2.28. The van der Waals surface area contributed by atoms with E-state index in [0.717, 1.165) is 12.0 Å². The van der Waals surface area contributed by atoms with Gasteiger partial charge in [0.1, 0.15) is 11.6 Å². The minimum Gasteiger partial charge on any atom is -0.465 e. The van der Waals surface area contributed by atoms with Gasteiger partial charge in [0.2, 0.25) is 0 Å². The van der Waals surface area contributed by atoms with Crippen LogP contribution < -0.4 is 10.6 Å². The van der Waals surface area contributed by atoms with Gasteiger partial charge in [0.15, 0.2) is 0 Å². The number of carbonyl (C=O) groups excluding carboxylic acids is 3. The van der Waals surface area contributed by atoms with Gasteiger partial charge in [-0.1, -0.05) is 31.2 Å². The number of anilines is 1. The zero-order valence-corrected chi connectivity index (χ0v) is 18.4. The smallest absolute Gasteiger partial charge is 0.339 e. The molecule has 0 saturated heterocycles. The summed E-state index contributed by atoms with van der Waals surface area (Å²) in [7, 11) is 2.46. The van der Waals surface area contributed by atoms with Crippen LogP contribution in [0.4, 0.5) is 5.69 Å². The van der Waals surface area contributed by atoms with Gasteiger partial charge < -0.3 is 20.1 Å². The second kappa shape index (κ2) is 11.3. The number of ether oxygens (including phenoxy) is 2. The van der Waals surface area contributed by atoms with Crippen LogP contribution in [0.25, 0.3) is 0 Å². The summed E-state index contributed by atoms with van der Waals surface area (Å²) in [6.07, 6.45) is 2.09. The van der Waals surface area contributed by atoms with Crippen LogP contribution in [0.2, 0.25) is 0 Å². The molecule has 0 saturated carbocycles. The van der Waals surface area contributed by atoms with Crippen molar-refractivity contribution in [3.8, 4) is 6.07 Å². The first-order valence-corrected chi connectivity index (χ1v) is 9.91. The fourth-order valence-electron chi connectivity index (χ4n) is 2.89. The van der Waals surface area contributed by atoms with E-state index in [1.807, 2.05) is 37.3 Å². The van der Waals surface area contributed by atoms with Crippen LogP contribution in [0.3, 0.4) is 0 Å². The number of nitrogens with one attached hydrogen (secondary N) is 2. The van der Waals surface area contributed by atoms with Crippen molar-refractivity contribution >= 4 is 23.5 Å². The minimum absolute atomic E-state index is 0.124. The fourth-order valence-corrected chi connectivity index (χ4v) is 2.89. The SMILES string of the molecule is CCc1ccc(C(C)NC(=O)/C(C#N)=C\Nc2cc(C(=O)OC)ccc2C(=O)OC)cc1. The number of rotatable bonds is 8. The first-order valence-electron chi connectivity index (χ1n) is 9.91. The molecule has 0 heterocycles. The summed E-state index contributed by atoms with van der Waals surface area (Å²) in [6.45, 7) is 3.88. The number of esters is 2. The molecule has 2 N–H and O–H groups in total. The third kappa shape index (κ3) is 5.95. The molecule has 8 nitrogen and oxygen atoms in total. The number of methoxy groups -OCH3 is 2. The maximum Gasteiger partial charge on any atom is 0.339 e. The third-order valence-corrected chi connectivity index (χ3v) is 4.82. The zero-order valence-electron chi connectivity index (χ0n) is 18.4. The molecule has 2 aromatic carbocycles. The maximum atomic E-state index is 12.6. The van der Waals surface area contributed by atoms with Gasteiger partial charge in [-0.3, -0.25) is 4.79 Å². The number of amides is 1. The number of aryl methyl sites for hydroxylation is 1. The average Bonchev–Trinajstić information content (AvgIpc) is 2.83. The van der Waals surface area contributed by atoms with E-state index in [4.69, 9.17) is 4.74 Å². The Morgan fingerprint density at radius 2 is 1.72 bits per heavy atom. The Labute approximate surface area is 186 Å². The standard InChI is InChI=1S/C24H25N3O5/c1-5-16-6-8-17(9-7-16)15(2)27-22(28)19(13-25)14-26-21-12-18(23(29)31-3)10-11-20(21)24(30)32-4/h6-12,14-15,26H,5H2,1-4H3,(H,27,28)/b19-14-. The van der Waals surface area contributed by atoms with E-state index in [1.165, 1.54) is 44.2 Å². The van der Waals surface area contributed by atoms with E-state index in [-0.39, 0.29) is 28.4 Å². The van der Waals surface area contributed by atoms with Gasteiger partial charge in [0.25, 0.3) is 5.91 Å². The molecule has 0 aliphatic rings. The molecular formula is C24H25N3O5. The summed E-state index contributed by atoms with van der Waals surface area (Å²) >= 11 is 0. The van der Waals surface area contributed by atoms with Gasteiger partial charge in [-0.25, -0.2) is 9.59 Å². The molecular weight excluding hydrogens is 410 g/mol. The monoisotopic (exact) mass is 435 g/mol. The molecule has 1 amide bonds. The molecule has 0 aliphatic heterocycles. The molecule has 1 unspecified atom stereocenters. The van der Waals surface area contributed by atoms with Gasteiger partial charge in [0.05, 0.1) is 37.1 Å². The highest BCUT2D eigenvalue weighted by molar-refractivity contribution is 6.00. The summed E-state index contributed by atoms with van der Waals surface area (Å²) in [5.41, 5.74) is 2.37. The second-order valence-corrected chi connectivity index (χ2v) is 6.85. The number of benzene rings is 2. The molecule has 8 heteroatoms. The first kappa shape index (κ1) is 24.2. The molecule has 2 aromatic rings. The Morgan fingerprint density at radius 3 is 2.28 bits per heavy atom. The molecule has 1 atom stereocenters. The highest BCUT2D eigenvalue weighted by atomic mass is 16.5. The molecule has 0 aromatic heterocycles. The lowest BCUT2D eigenvalue weighted by molar-refractivity contribution is -0.117. The predicted molar refractivity (Wildman–Crippen MR) is 119 cm³/mol. The fraction of sp³-hybridized carbons (Fsp3) is 0.250. The summed E-state index contributed by atoms with van der Waals surface area (Å²) < 4.78 is 9.43. The number of carbonyl (C=O) groups is 3. The van der Waals surface area contributed by atoms with Crippen LogP contribution >= 0.6 is 0 Å². The third-order valence-electron chi connectivity index (χ3n) is 4.82. The Hall–Kier alpha value is -4.12. The topological polar surface area (TPSA) is 118 Å². The number of nitriles is 1. The summed E-state index contributed by atoms with van der Waals surface area (Å²) in [6, 6.07) is 13.5. The minimum atomic E-state index is -0.649. The first-order chi connectivity index (χ1) is 15.3. The lowest BCUT2D eigenvalue weighted by atomic mass is 10.0. The van der Waals surface area contributed by atoms with Gasteiger partial charge in [-0.05, 0) is 42.7 Å². The summed E-state index contributed by atoms with van der Waals surface area (Å²) in [5.74, 6) is -1.84. The molecule has 0 bridgehead atoms. The van der Waals surface area contributed by atoms with E-state index in [2.05, 4.69) is 22.3 Å². The molecule has 0 fully saturated rings. The largest absolute Gasteiger partial charge is 0.465 e. The predicted octanol–water partition coefficient (Wildman–Crippen LogP) is 3.52. The Morgan fingerprint density at radius 1 is 1.06 bits per heavy atom. The van der Waals surface area contributed by atoms with Crippen molar-refractivity contribution in [2.45, 2.75) is 26.3 Å². The zero-order chi connectivity index (χ0) is 23.7. The van der Waals surface area contributed by atoms with Gasteiger partial charge >= 0.3 is 11.9 Å². The van der Waals surface area contributed by atoms with E-state index >= 15 is 0 Å². The Bertz CT molecular complexity index is 1070. The Kier molecular flexibility index (Phi) is 8.54. The second-order valence-electron chi connectivity index (χ2n) is 6.85. The van der Waals surface area contributed by atoms with Crippen molar-refractivity contribution in [2.75, 3.05) is 19.5 Å². The molecule has 2 rings (SSSR count). The quantitative estimate of drug-likeness (QED) is 0.370. The van der Waals surface area contributed by atoms with Crippen LogP contribution in [0, 0.1) is 11.3 Å². The number of nitrogens with zero attached hydrogens (tertiary/aromatic N) is 1. The van der Waals surface area contributed by atoms with Crippen LogP contribution in [0.1, 0.15) is 51.7 Å².